The largest absolute Gasteiger partial charge is 0.329 e. The molecular weight excluding hydrogens is 208 g/mol. The Labute approximate surface area is 105 Å². The third-order valence-corrected chi connectivity index (χ3v) is 3.68. The monoisotopic (exact) mass is 232 g/mol. The lowest BCUT2D eigenvalue weighted by molar-refractivity contribution is 0.514. The van der Waals surface area contributed by atoms with Crippen molar-refractivity contribution < 1.29 is 0 Å². The van der Waals surface area contributed by atoms with Gasteiger partial charge in [0.25, 0.3) is 0 Å². The smallest absolute Gasteiger partial charge is 0.0447 e. The summed E-state index contributed by atoms with van der Waals surface area (Å²) in [5, 5.41) is 3.59. The van der Waals surface area contributed by atoms with Crippen molar-refractivity contribution in [1.29, 1.82) is 0 Å². The molecule has 3 N–H and O–H groups in total. The Morgan fingerprint density at radius 2 is 2.12 bits per heavy atom. The van der Waals surface area contributed by atoms with Crippen molar-refractivity contribution in [3.05, 3.63) is 34.9 Å². The van der Waals surface area contributed by atoms with Gasteiger partial charge in [0, 0.05) is 12.6 Å². The van der Waals surface area contributed by atoms with Crippen LogP contribution in [0.1, 0.15) is 42.0 Å². The first-order chi connectivity index (χ1) is 8.20. The predicted molar refractivity (Wildman–Crippen MR) is 73.1 cm³/mol. The van der Waals surface area contributed by atoms with Gasteiger partial charge in [0.15, 0.2) is 0 Å². The molecule has 1 aliphatic carbocycles. The third kappa shape index (κ3) is 3.55. The molecule has 1 unspecified atom stereocenters. The standard InChI is InChI=1S/C15H24N2/c1-11-3-6-14(12(2)9-11)15(10-16)17-8-7-13-4-5-13/h3,6,9,13,15,17H,4-5,7-8,10,16H2,1-2H3. The molecular formula is C15H24N2. The molecule has 2 nitrogen and oxygen atoms in total. The summed E-state index contributed by atoms with van der Waals surface area (Å²) in [6, 6.07) is 6.94. The molecule has 0 aliphatic heterocycles. The van der Waals surface area contributed by atoms with E-state index in [4.69, 9.17) is 5.73 Å². The fourth-order valence-electron chi connectivity index (χ4n) is 2.41. The first-order valence-corrected chi connectivity index (χ1v) is 6.71. The molecule has 1 aliphatic rings. The second-order valence-corrected chi connectivity index (χ2v) is 5.33. The number of nitrogens with one attached hydrogen (secondary N) is 1. The van der Waals surface area contributed by atoms with Gasteiger partial charge in [0.05, 0.1) is 0 Å². The molecule has 0 heterocycles. The van der Waals surface area contributed by atoms with Crippen LogP contribution in [0.3, 0.4) is 0 Å². The molecule has 0 saturated heterocycles. The van der Waals surface area contributed by atoms with Crippen molar-refractivity contribution in [1.82, 2.24) is 5.32 Å². The quantitative estimate of drug-likeness (QED) is 0.791. The number of rotatable bonds is 6. The summed E-state index contributed by atoms with van der Waals surface area (Å²) in [5.41, 5.74) is 9.90. The Hall–Kier alpha value is -0.860. The van der Waals surface area contributed by atoms with Gasteiger partial charge >= 0.3 is 0 Å². The highest BCUT2D eigenvalue weighted by molar-refractivity contribution is 5.33. The molecule has 17 heavy (non-hydrogen) atoms. The van der Waals surface area contributed by atoms with E-state index in [-0.39, 0.29) is 0 Å². The Bertz CT molecular complexity index is 369. The number of hydrogen-bond acceptors (Lipinski definition) is 2. The maximum absolute atomic E-state index is 5.88. The molecule has 2 rings (SSSR count). The summed E-state index contributed by atoms with van der Waals surface area (Å²) < 4.78 is 0. The van der Waals surface area contributed by atoms with E-state index in [1.165, 1.54) is 36.0 Å². The van der Waals surface area contributed by atoms with Gasteiger partial charge in [-0.05, 0) is 43.9 Å². The van der Waals surface area contributed by atoms with Crippen LogP contribution in [0.5, 0.6) is 0 Å². The van der Waals surface area contributed by atoms with Gasteiger partial charge in [-0.3, -0.25) is 0 Å². The Kier molecular flexibility index (Phi) is 4.19. The Morgan fingerprint density at radius 3 is 2.71 bits per heavy atom. The van der Waals surface area contributed by atoms with Crippen LogP contribution in [-0.4, -0.2) is 13.1 Å². The van der Waals surface area contributed by atoms with E-state index in [2.05, 4.69) is 37.4 Å². The number of nitrogens with two attached hydrogens (primary N) is 1. The number of benzene rings is 1. The summed E-state index contributed by atoms with van der Waals surface area (Å²) in [7, 11) is 0. The molecule has 0 aromatic heterocycles. The molecule has 1 atom stereocenters. The molecule has 1 fully saturated rings. The topological polar surface area (TPSA) is 38.0 Å². The van der Waals surface area contributed by atoms with Crippen molar-refractivity contribution in [3.63, 3.8) is 0 Å². The molecule has 1 aromatic carbocycles. The second kappa shape index (κ2) is 5.65. The zero-order chi connectivity index (χ0) is 12.3. The van der Waals surface area contributed by atoms with Gasteiger partial charge in [-0.15, -0.1) is 0 Å². The summed E-state index contributed by atoms with van der Waals surface area (Å²) in [6.07, 6.45) is 4.17. The molecule has 0 amide bonds. The average molecular weight is 232 g/mol. The predicted octanol–water partition coefficient (Wildman–Crippen LogP) is 2.69. The summed E-state index contributed by atoms with van der Waals surface area (Å²) in [5.74, 6) is 0.986. The van der Waals surface area contributed by atoms with Gasteiger partial charge in [0.2, 0.25) is 0 Å². The lowest BCUT2D eigenvalue weighted by Crippen LogP contribution is -2.29. The van der Waals surface area contributed by atoms with Crippen LogP contribution in [0.25, 0.3) is 0 Å². The fraction of sp³-hybridized carbons (Fsp3) is 0.600. The number of hydrogen-bond donors (Lipinski definition) is 2. The minimum atomic E-state index is 0.314. The maximum atomic E-state index is 5.88. The van der Waals surface area contributed by atoms with Crippen LogP contribution in [0.15, 0.2) is 18.2 Å². The van der Waals surface area contributed by atoms with E-state index in [0.29, 0.717) is 12.6 Å². The van der Waals surface area contributed by atoms with Crippen LogP contribution in [0.2, 0.25) is 0 Å². The first-order valence-electron chi connectivity index (χ1n) is 6.71. The Morgan fingerprint density at radius 1 is 1.35 bits per heavy atom. The minimum Gasteiger partial charge on any atom is -0.329 e. The van der Waals surface area contributed by atoms with E-state index in [9.17, 15) is 0 Å². The van der Waals surface area contributed by atoms with Crippen LogP contribution in [-0.2, 0) is 0 Å². The zero-order valence-corrected chi connectivity index (χ0v) is 11.0. The molecule has 94 valence electrons. The van der Waals surface area contributed by atoms with E-state index < -0.39 is 0 Å². The number of aryl methyl sites for hydroxylation is 2. The van der Waals surface area contributed by atoms with Gasteiger partial charge in [-0.1, -0.05) is 36.6 Å². The van der Waals surface area contributed by atoms with Crippen LogP contribution < -0.4 is 11.1 Å². The SMILES string of the molecule is Cc1ccc(C(CN)NCCC2CC2)c(C)c1. The van der Waals surface area contributed by atoms with Crippen molar-refractivity contribution in [3.8, 4) is 0 Å². The van der Waals surface area contributed by atoms with Crippen molar-refractivity contribution in [2.75, 3.05) is 13.1 Å². The summed E-state index contributed by atoms with van der Waals surface area (Å²) in [4.78, 5) is 0. The van der Waals surface area contributed by atoms with Crippen molar-refractivity contribution in [2.45, 2.75) is 39.2 Å². The molecule has 0 radical (unpaired) electrons. The summed E-state index contributed by atoms with van der Waals surface area (Å²) >= 11 is 0. The molecule has 2 heteroatoms. The van der Waals surface area contributed by atoms with E-state index >= 15 is 0 Å². The van der Waals surface area contributed by atoms with Crippen molar-refractivity contribution in [2.24, 2.45) is 11.7 Å². The van der Waals surface area contributed by atoms with Gasteiger partial charge in [0.1, 0.15) is 0 Å². The van der Waals surface area contributed by atoms with Gasteiger partial charge in [-0.2, -0.15) is 0 Å². The minimum absolute atomic E-state index is 0.314. The van der Waals surface area contributed by atoms with Crippen LogP contribution in [0, 0.1) is 19.8 Å². The van der Waals surface area contributed by atoms with E-state index in [0.717, 1.165) is 12.5 Å². The van der Waals surface area contributed by atoms with Crippen LogP contribution in [0.4, 0.5) is 0 Å². The highest BCUT2D eigenvalue weighted by atomic mass is 14.9. The normalized spacial score (nSPS) is 17.1. The molecule has 1 aromatic rings. The lowest BCUT2D eigenvalue weighted by atomic mass is 9.99. The van der Waals surface area contributed by atoms with Gasteiger partial charge in [-0.25, -0.2) is 0 Å². The highest BCUT2D eigenvalue weighted by Gasteiger charge is 2.21. The molecule has 0 spiro atoms. The average Bonchev–Trinajstić information content (AvgIpc) is 3.10. The Balaban J connectivity index is 1.94. The first kappa shape index (κ1) is 12.6. The zero-order valence-electron chi connectivity index (χ0n) is 11.0. The van der Waals surface area contributed by atoms with E-state index in [1.54, 1.807) is 0 Å². The van der Waals surface area contributed by atoms with Crippen molar-refractivity contribution >= 4 is 0 Å². The highest BCUT2D eigenvalue weighted by Crippen LogP contribution is 2.32. The molecule has 1 saturated carbocycles. The van der Waals surface area contributed by atoms with E-state index in [1.807, 2.05) is 0 Å². The summed E-state index contributed by atoms with van der Waals surface area (Å²) in [6.45, 7) is 6.08. The van der Waals surface area contributed by atoms with Gasteiger partial charge < -0.3 is 11.1 Å². The maximum Gasteiger partial charge on any atom is 0.0447 e. The lowest BCUT2D eigenvalue weighted by Gasteiger charge is -2.19. The fourth-order valence-corrected chi connectivity index (χ4v) is 2.41. The third-order valence-electron chi connectivity index (χ3n) is 3.68. The molecule has 0 bridgehead atoms. The van der Waals surface area contributed by atoms with Crippen LogP contribution >= 0.6 is 0 Å². The second-order valence-electron chi connectivity index (χ2n) is 5.33.